The summed E-state index contributed by atoms with van der Waals surface area (Å²) in [7, 11) is 0. The van der Waals surface area contributed by atoms with E-state index >= 15 is 0 Å². The first-order valence-corrected chi connectivity index (χ1v) is 7.72. The van der Waals surface area contributed by atoms with Gasteiger partial charge < -0.3 is 10.1 Å². The predicted octanol–water partition coefficient (Wildman–Crippen LogP) is 5.24. The molecule has 2 nitrogen and oxygen atoms in total. The quantitative estimate of drug-likeness (QED) is 0.722. The predicted molar refractivity (Wildman–Crippen MR) is 93.1 cm³/mol. The molecule has 0 aromatic heterocycles. The van der Waals surface area contributed by atoms with E-state index in [1.807, 2.05) is 12.1 Å². The fourth-order valence-corrected chi connectivity index (χ4v) is 2.59. The summed E-state index contributed by atoms with van der Waals surface area (Å²) < 4.78 is 6.75. The summed E-state index contributed by atoms with van der Waals surface area (Å²) in [5.74, 6) is 0.885. The van der Waals surface area contributed by atoms with E-state index in [-0.39, 0.29) is 0 Å². The van der Waals surface area contributed by atoms with E-state index in [2.05, 4.69) is 65.9 Å². The molecule has 2 rings (SSSR count). The van der Waals surface area contributed by atoms with E-state index in [0.717, 1.165) is 28.0 Å². The van der Waals surface area contributed by atoms with E-state index in [4.69, 9.17) is 4.74 Å². The van der Waals surface area contributed by atoms with E-state index < -0.39 is 0 Å². The SMILES string of the molecule is C=CCOc1ccc(Br)cc1CNc1ccc(C)cc1C. The maximum atomic E-state index is 5.70. The van der Waals surface area contributed by atoms with Crippen LogP contribution in [0.4, 0.5) is 5.69 Å². The zero-order chi connectivity index (χ0) is 15.2. The molecule has 2 aromatic carbocycles. The van der Waals surface area contributed by atoms with Crippen molar-refractivity contribution in [2.75, 3.05) is 11.9 Å². The second kappa shape index (κ2) is 7.32. The first-order valence-electron chi connectivity index (χ1n) is 6.93. The van der Waals surface area contributed by atoms with Crippen molar-refractivity contribution < 1.29 is 4.74 Å². The van der Waals surface area contributed by atoms with Gasteiger partial charge >= 0.3 is 0 Å². The number of nitrogens with one attached hydrogen (secondary N) is 1. The molecule has 0 bridgehead atoms. The van der Waals surface area contributed by atoms with Crippen LogP contribution in [0.15, 0.2) is 53.5 Å². The van der Waals surface area contributed by atoms with Crippen molar-refractivity contribution in [3.8, 4) is 5.75 Å². The Morgan fingerprint density at radius 2 is 2.00 bits per heavy atom. The lowest BCUT2D eigenvalue weighted by atomic mass is 10.1. The molecular weight excluding hydrogens is 326 g/mol. The van der Waals surface area contributed by atoms with Crippen LogP contribution in [0, 0.1) is 13.8 Å². The Kier molecular flexibility index (Phi) is 5.45. The lowest BCUT2D eigenvalue weighted by Gasteiger charge is -2.14. The molecule has 21 heavy (non-hydrogen) atoms. The molecule has 3 heteroatoms. The van der Waals surface area contributed by atoms with Gasteiger partial charge in [-0.05, 0) is 43.7 Å². The minimum Gasteiger partial charge on any atom is -0.489 e. The Bertz CT molecular complexity index is 637. The van der Waals surface area contributed by atoms with E-state index in [1.54, 1.807) is 6.08 Å². The van der Waals surface area contributed by atoms with Crippen molar-refractivity contribution in [2.24, 2.45) is 0 Å². The molecule has 0 saturated heterocycles. The summed E-state index contributed by atoms with van der Waals surface area (Å²) in [6, 6.07) is 12.5. The average Bonchev–Trinajstić information content (AvgIpc) is 2.45. The molecule has 2 aromatic rings. The normalized spacial score (nSPS) is 10.2. The molecule has 0 aliphatic rings. The van der Waals surface area contributed by atoms with Gasteiger partial charge in [-0.25, -0.2) is 0 Å². The van der Waals surface area contributed by atoms with Crippen molar-refractivity contribution in [1.29, 1.82) is 0 Å². The fourth-order valence-electron chi connectivity index (χ4n) is 2.18. The number of hydrogen-bond donors (Lipinski definition) is 1. The molecule has 0 fully saturated rings. The van der Waals surface area contributed by atoms with Crippen LogP contribution >= 0.6 is 15.9 Å². The molecule has 0 unspecified atom stereocenters. The van der Waals surface area contributed by atoms with Crippen LogP contribution in [0.25, 0.3) is 0 Å². The highest BCUT2D eigenvalue weighted by Crippen LogP contribution is 2.25. The third-order valence-electron chi connectivity index (χ3n) is 3.23. The molecule has 0 radical (unpaired) electrons. The Labute approximate surface area is 135 Å². The van der Waals surface area contributed by atoms with Crippen molar-refractivity contribution in [3.05, 3.63) is 70.2 Å². The van der Waals surface area contributed by atoms with Gasteiger partial charge in [-0.15, -0.1) is 0 Å². The fraction of sp³-hybridized carbons (Fsp3) is 0.222. The molecule has 0 heterocycles. The minimum absolute atomic E-state index is 0.512. The lowest BCUT2D eigenvalue weighted by molar-refractivity contribution is 0.359. The summed E-state index contributed by atoms with van der Waals surface area (Å²) in [5, 5.41) is 3.47. The highest BCUT2D eigenvalue weighted by molar-refractivity contribution is 9.10. The molecule has 0 atom stereocenters. The van der Waals surface area contributed by atoms with Gasteiger partial charge in [-0.1, -0.05) is 46.3 Å². The van der Waals surface area contributed by atoms with E-state index in [9.17, 15) is 0 Å². The molecular formula is C18H20BrNO. The second-order valence-corrected chi connectivity index (χ2v) is 5.94. The van der Waals surface area contributed by atoms with E-state index in [0.29, 0.717) is 6.61 Å². The first-order chi connectivity index (χ1) is 10.1. The van der Waals surface area contributed by atoms with Gasteiger partial charge in [0, 0.05) is 22.3 Å². The average molecular weight is 346 g/mol. The molecule has 0 aliphatic heterocycles. The molecule has 0 aliphatic carbocycles. The highest BCUT2D eigenvalue weighted by atomic mass is 79.9. The Morgan fingerprint density at radius 3 is 2.71 bits per heavy atom. The molecule has 1 N–H and O–H groups in total. The van der Waals surface area contributed by atoms with Crippen molar-refractivity contribution in [3.63, 3.8) is 0 Å². The number of rotatable bonds is 6. The Balaban J connectivity index is 2.14. The van der Waals surface area contributed by atoms with Crippen LogP contribution in [0.5, 0.6) is 5.75 Å². The molecule has 0 spiro atoms. The van der Waals surface area contributed by atoms with Crippen LogP contribution in [-0.2, 0) is 6.54 Å². The van der Waals surface area contributed by atoms with Gasteiger partial charge in [0.05, 0.1) is 0 Å². The molecule has 0 amide bonds. The topological polar surface area (TPSA) is 21.3 Å². The summed E-state index contributed by atoms with van der Waals surface area (Å²) in [5.41, 5.74) is 4.79. The van der Waals surface area contributed by atoms with E-state index in [1.165, 1.54) is 11.1 Å². The van der Waals surface area contributed by atoms with Gasteiger partial charge in [0.2, 0.25) is 0 Å². The monoisotopic (exact) mass is 345 g/mol. The van der Waals surface area contributed by atoms with Crippen LogP contribution < -0.4 is 10.1 Å². The van der Waals surface area contributed by atoms with Gasteiger partial charge in [0.25, 0.3) is 0 Å². The summed E-state index contributed by atoms with van der Waals surface area (Å²) >= 11 is 3.51. The highest BCUT2D eigenvalue weighted by Gasteiger charge is 2.05. The summed E-state index contributed by atoms with van der Waals surface area (Å²) in [6.45, 7) is 9.14. The number of anilines is 1. The Hall–Kier alpha value is -1.74. The Morgan fingerprint density at radius 1 is 1.19 bits per heavy atom. The standard InChI is InChI=1S/C18H20BrNO/c1-4-9-21-18-8-6-16(19)11-15(18)12-20-17-7-5-13(2)10-14(17)3/h4-8,10-11,20H,1,9,12H2,2-3H3. The maximum absolute atomic E-state index is 5.70. The summed E-state index contributed by atoms with van der Waals surface area (Å²) in [4.78, 5) is 0. The number of halogens is 1. The summed E-state index contributed by atoms with van der Waals surface area (Å²) in [6.07, 6.45) is 1.75. The second-order valence-electron chi connectivity index (χ2n) is 5.02. The smallest absolute Gasteiger partial charge is 0.124 e. The number of aryl methyl sites for hydroxylation is 2. The van der Waals surface area contributed by atoms with Gasteiger partial charge in [0.1, 0.15) is 12.4 Å². The number of ether oxygens (including phenoxy) is 1. The first kappa shape index (κ1) is 15.6. The van der Waals surface area contributed by atoms with Gasteiger partial charge in [0.15, 0.2) is 0 Å². The maximum Gasteiger partial charge on any atom is 0.124 e. The lowest BCUT2D eigenvalue weighted by Crippen LogP contribution is -2.04. The largest absolute Gasteiger partial charge is 0.489 e. The van der Waals surface area contributed by atoms with Crippen molar-refractivity contribution in [2.45, 2.75) is 20.4 Å². The minimum atomic E-state index is 0.512. The zero-order valence-electron chi connectivity index (χ0n) is 12.4. The van der Waals surface area contributed by atoms with Crippen LogP contribution in [0.1, 0.15) is 16.7 Å². The van der Waals surface area contributed by atoms with Crippen molar-refractivity contribution in [1.82, 2.24) is 0 Å². The van der Waals surface area contributed by atoms with Gasteiger partial charge in [-0.3, -0.25) is 0 Å². The van der Waals surface area contributed by atoms with Gasteiger partial charge in [-0.2, -0.15) is 0 Å². The van der Waals surface area contributed by atoms with Crippen molar-refractivity contribution >= 4 is 21.6 Å². The van der Waals surface area contributed by atoms with Crippen LogP contribution in [-0.4, -0.2) is 6.61 Å². The third-order valence-corrected chi connectivity index (χ3v) is 3.72. The molecule has 110 valence electrons. The van der Waals surface area contributed by atoms with Crippen LogP contribution in [0.3, 0.4) is 0 Å². The van der Waals surface area contributed by atoms with Crippen LogP contribution in [0.2, 0.25) is 0 Å². The number of benzene rings is 2. The number of hydrogen-bond acceptors (Lipinski definition) is 2. The zero-order valence-corrected chi connectivity index (χ0v) is 14.0. The third kappa shape index (κ3) is 4.36. The molecule has 0 saturated carbocycles.